The fraction of sp³-hybridized carbons (Fsp3) is 0.733. The molecule has 0 N–H and O–H groups in total. The quantitative estimate of drug-likeness (QED) is 0.342. The Morgan fingerprint density at radius 1 is 1.31 bits per heavy atom. The van der Waals surface area contributed by atoms with Crippen LogP contribution in [0.15, 0.2) is 11.6 Å². The number of hydrogen-bond acceptors (Lipinski definition) is 0. The average molecular weight is 236 g/mol. The minimum Gasteiger partial charge on any atom is -0.120 e. The number of hydrogen-bond donors (Lipinski definition) is 0. The van der Waals surface area contributed by atoms with Gasteiger partial charge in [-0.15, -0.1) is 12.3 Å². The van der Waals surface area contributed by atoms with Crippen molar-refractivity contribution in [1.29, 1.82) is 0 Å². The highest BCUT2D eigenvalue weighted by Crippen LogP contribution is 2.29. The normalized spacial score (nSPS) is 15.1. The van der Waals surface area contributed by atoms with Gasteiger partial charge in [-0.2, -0.15) is 0 Å². The summed E-state index contributed by atoms with van der Waals surface area (Å²) in [6.07, 6.45) is 11.7. The van der Waals surface area contributed by atoms with E-state index in [0.29, 0.717) is 5.54 Å². The second kappa shape index (κ2) is 6.96. The summed E-state index contributed by atoms with van der Waals surface area (Å²) in [6.45, 7) is 13.8. The molecule has 0 aromatic rings. The van der Waals surface area contributed by atoms with Crippen molar-refractivity contribution in [3.8, 4) is 12.3 Å². The Kier molecular flexibility index (Phi) is 6.75. The molecule has 0 aliphatic carbocycles. The van der Waals surface area contributed by atoms with E-state index in [2.05, 4.69) is 52.4 Å². The largest absolute Gasteiger partial charge is 0.120 e. The van der Waals surface area contributed by atoms with Crippen molar-refractivity contribution in [1.82, 2.24) is 0 Å². The molecule has 0 aromatic carbocycles. The van der Waals surface area contributed by atoms with E-state index < -0.39 is 8.07 Å². The zero-order chi connectivity index (χ0) is 12.8. The highest BCUT2D eigenvalue weighted by Gasteiger charge is 2.25. The van der Waals surface area contributed by atoms with Gasteiger partial charge in [-0.25, -0.2) is 0 Å². The minimum absolute atomic E-state index is 0.536. The van der Waals surface area contributed by atoms with Gasteiger partial charge in [-0.1, -0.05) is 38.2 Å². The van der Waals surface area contributed by atoms with Gasteiger partial charge < -0.3 is 0 Å². The molecule has 0 spiro atoms. The monoisotopic (exact) mass is 236 g/mol. The smallest absolute Gasteiger partial charge is 0.0612 e. The lowest BCUT2D eigenvalue weighted by Crippen LogP contribution is -2.28. The maximum absolute atomic E-state index is 5.66. The second-order valence-electron chi connectivity index (χ2n) is 6.28. The molecular formula is C15H28Si. The first-order valence-electron chi connectivity index (χ1n) is 6.37. The third-order valence-corrected chi connectivity index (χ3v) is 5.59. The maximum Gasteiger partial charge on any atom is 0.0612 e. The Hall–Kier alpha value is -0.483. The lowest BCUT2D eigenvalue weighted by molar-refractivity contribution is 0.500. The van der Waals surface area contributed by atoms with Crippen LogP contribution in [0.3, 0.4) is 0 Å². The van der Waals surface area contributed by atoms with Crippen molar-refractivity contribution in [2.24, 2.45) is 5.92 Å². The van der Waals surface area contributed by atoms with Crippen LogP contribution in [-0.4, -0.2) is 8.07 Å². The van der Waals surface area contributed by atoms with Gasteiger partial charge in [-0.05, 0) is 39.0 Å². The van der Waals surface area contributed by atoms with Crippen molar-refractivity contribution in [2.45, 2.75) is 65.2 Å². The van der Waals surface area contributed by atoms with Crippen LogP contribution in [0, 0.1) is 18.3 Å². The van der Waals surface area contributed by atoms with E-state index in [0.717, 1.165) is 5.92 Å². The SMILES string of the molecule is C#CC(C[C@H](C)CCC=C(C)C)[Si](C)(C)C. The molecule has 0 fully saturated rings. The fourth-order valence-corrected chi connectivity index (χ4v) is 3.46. The molecule has 0 saturated carbocycles. The number of allylic oxidation sites excluding steroid dienone is 2. The molecule has 0 saturated heterocycles. The van der Waals surface area contributed by atoms with Gasteiger partial charge in [0.2, 0.25) is 0 Å². The average Bonchev–Trinajstić information content (AvgIpc) is 2.11. The lowest BCUT2D eigenvalue weighted by atomic mass is 9.99. The third-order valence-electron chi connectivity index (χ3n) is 3.10. The van der Waals surface area contributed by atoms with Crippen LogP contribution in [0.25, 0.3) is 0 Å². The van der Waals surface area contributed by atoms with E-state index >= 15 is 0 Å². The Labute approximate surface area is 104 Å². The van der Waals surface area contributed by atoms with Crippen molar-refractivity contribution in [3.63, 3.8) is 0 Å². The molecule has 0 radical (unpaired) electrons. The molecule has 0 aliphatic heterocycles. The van der Waals surface area contributed by atoms with E-state index in [4.69, 9.17) is 6.42 Å². The summed E-state index contributed by atoms with van der Waals surface area (Å²) < 4.78 is 0. The molecule has 0 nitrogen and oxygen atoms in total. The van der Waals surface area contributed by atoms with Gasteiger partial charge in [0.25, 0.3) is 0 Å². The van der Waals surface area contributed by atoms with Crippen LogP contribution in [0.4, 0.5) is 0 Å². The fourth-order valence-electron chi connectivity index (χ4n) is 1.85. The standard InChI is InChI=1S/C15H28Si/c1-8-15(16(5,6)7)12-14(4)11-9-10-13(2)3/h1,10,14-15H,9,11-12H2,2-7H3/t14-,15?/m1/s1. The summed E-state index contributed by atoms with van der Waals surface area (Å²) in [5.74, 6) is 3.77. The second-order valence-corrected chi connectivity index (χ2v) is 11.7. The first-order valence-corrected chi connectivity index (χ1v) is 9.94. The molecule has 1 unspecified atom stereocenters. The predicted octanol–water partition coefficient (Wildman–Crippen LogP) is 5.10. The minimum atomic E-state index is -1.16. The number of rotatable bonds is 6. The summed E-state index contributed by atoms with van der Waals surface area (Å²) in [7, 11) is -1.16. The Balaban J connectivity index is 4.09. The first-order chi connectivity index (χ1) is 7.27. The zero-order valence-electron chi connectivity index (χ0n) is 11.9. The van der Waals surface area contributed by atoms with Crippen molar-refractivity contribution >= 4 is 8.07 Å². The molecule has 0 bridgehead atoms. The molecule has 0 rings (SSSR count). The summed E-state index contributed by atoms with van der Waals surface area (Å²) in [4.78, 5) is 0. The molecule has 0 amide bonds. The van der Waals surface area contributed by atoms with Gasteiger partial charge in [0.15, 0.2) is 0 Å². The molecule has 1 heteroatoms. The van der Waals surface area contributed by atoms with Gasteiger partial charge in [0, 0.05) is 5.54 Å². The lowest BCUT2D eigenvalue weighted by Gasteiger charge is -2.26. The first kappa shape index (κ1) is 15.5. The Morgan fingerprint density at radius 2 is 1.88 bits per heavy atom. The maximum atomic E-state index is 5.66. The van der Waals surface area contributed by atoms with Gasteiger partial charge in [0.1, 0.15) is 0 Å². The van der Waals surface area contributed by atoms with Gasteiger partial charge in [-0.3, -0.25) is 0 Å². The highest BCUT2D eigenvalue weighted by molar-refractivity contribution is 6.78. The highest BCUT2D eigenvalue weighted by atomic mass is 28.3. The van der Waals surface area contributed by atoms with Crippen molar-refractivity contribution < 1.29 is 0 Å². The predicted molar refractivity (Wildman–Crippen MR) is 78.4 cm³/mol. The van der Waals surface area contributed by atoms with Crippen LogP contribution in [0.2, 0.25) is 25.2 Å². The van der Waals surface area contributed by atoms with Crippen molar-refractivity contribution in [3.05, 3.63) is 11.6 Å². The van der Waals surface area contributed by atoms with E-state index in [1.807, 2.05) is 0 Å². The van der Waals surface area contributed by atoms with Crippen LogP contribution >= 0.6 is 0 Å². The summed E-state index contributed by atoms with van der Waals surface area (Å²) in [6, 6.07) is 0. The molecule has 2 atom stereocenters. The summed E-state index contributed by atoms with van der Waals surface area (Å²) >= 11 is 0. The van der Waals surface area contributed by atoms with E-state index in [9.17, 15) is 0 Å². The molecule has 0 aromatic heterocycles. The topological polar surface area (TPSA) is 0 Å². The summed E-state index contributed by atoms with van der Waals surface area (Å²) in [5.41, 5.74) is 1.96. The van der Waals surface area contributed by atoms with E-state index in [1.165, 1.54) is 24.8 Å². The molecule has 0 heterocycles. The molecule has 0 aliphatic rings. The van der Waals surface area contributed by atoms with Crippen LogP contribution in [-0.2, 0) is 0 Å². The van der Waals surface area contributed by atoms with Gasteiger partial charge in [0.05, 0.1) is 8.07 Å². The van der Waals surface area contributed by atoms with Gasteiger partial charge >= 0.3 is 0 Å². The molecule has 16 heavy (non-hydrogen) atoms. The zero-order valence-corrected chi connectivity index (χ0v) is 12.9. The summed E-state index contributed by atoms with van der Waals surface area (Å²) in [5, 5.41) is 0. The third kappa shape index (κ3) is 6.90. The Morgan fingerprint density at radius 3 is 2.25 bits per heavy atom. The molecule has 92 valence electrons. The van der Waals surface area contributed by atoms with Crippen LogP contribution in [0.1, 0.15) is 40.0 Å². The molecular weight excluding hydrogens is 208 g/mol. The van der Waals surface area contributed by atoms with Crippen molar-refractivity contribution in [2.75, 3.05) is 0 Å². The number of terminal acetylenes is 1. The van der Waals surface area contributed by atoms with E-state index in [1.54, 1.807) is 0 Å². The van der Waals surface area contributed by atoms with Crippen LogP contribution in [0.5, 0.6) is 0 Å². The van der Waals surface area contributed by atoms with E-state index in [-0.39, 0.29) is 0 Å². The van der Waals surface area contributed by atoms with Crippen LogP contribution < -0.4 is 0 Å². The Bertz CT molecular complexity index is 258.